The van der Waals surface area contributed by atoms with E-state index in [1.54, 1.807) is 6.08 Å². The third kappa shape index (κ3) is 3.38. The lowest BCUT2D eigenvalue weighted by Gasteiger charge is -2.17. The van der Waals surface area contributed by atoms with Crippen molar-refractivity contribution in [1.82, 2.24) is 5.32 Å². The number of carboxylic acids is 1. The van der Waals surface area contributed by atoms with Gasteiger partial charge in [-0.3, -0.25) is 9.59 Å². The zero-order valence-electron chi connectivity index (χ0n) is 8.74. The molecule has 0 aliphatic heterocycles. The van der Waals surface area contributed by atoms with E-state index >= 15 is 0 Å². The number of carbonyl (C=O) groups is 2. The second-order valence-electron chi connectivity index (χ2n) is 3.88. The molecule has 1 saturated carbocycles. The largest absolute Gasteiger partial charge is 0.481 e. The Hall–Kier alpha value is -1.32. The van der Waals surface area contributed by atoms with Crippen LogP contribution in [-0.2, 0) is 9.59 Å². The van der Waals surface area contributed by atoms with Crippen molar-refractivity contribution in [1.29, 1.82) is 0 Å². The second-order valence-corrected chi connectivity index (χ2v) is 3.88. The van der Waals surface area contributed by atoms with Gasteiger partial charge in [0.05, 0.1) is 5.92 Å². The Bertz CT molecular complexity index is 263. The fourth-order valence-electron chi connectivity index (χ4n) is 1.94. The molecule has 2 atom stereocenters. The summed E-state index contributed by atoms with van der Waals surface area (Å²) in [6.07, 6.45) is 5.04. The highest BCUT2D eigenvalue weighted by molar-refractivity contribution is 5.78. The third-order valence-electron chi connectivity index (χ3n) is 2.76. The quantitative estimate of drug-likeness (QED) is 0.674. The van der Waals surface area contributed by atoms with Gasteiger partial charge in [0.1, 0.15) is 0 Å². The molecule has 0 radical (unpaired) electrons. The van der Waals surface area contributed by atoms with Crippen LogP contribution in [-0.4, -0.2) is 23.0 Å². The molecule has 0 bridgehead atoms. The standard InChI is InChI=1S/C11H17NO3/c1-2-3-7-10(13)12-9-6-4-5-8(9)11(14)15/h2,8-9H,1,3-7H2,(H,12,13)(H,14,15). The van der Waals surface area contributed by atoms with E-state index in [9.17, 15) is 9.59 Å². The number of amides is 1. The van der Waals surface area contributed by atoms with E-state index in [4.69, 9.17) is 5.11 Å². The van der Waals surface area contributed by atoms with Crippen LogP contribution in [0.15, 0.2) is 12.7 Å². The second kappa shape index (κ2) is 5.53. The molecule has 1 fully saturated rings. The van der Waals surface area contributed by atoms with Crippen molar-refractivity contribution in [3.63, 3.8) is 0 Å². The van der Waals surface area contributed by atoms with Crippen LogP contribution in [0.4, 0.5) is 0 Å². The summed E-state index contributed by atoms with van der Waals surface area (Å²) in [6.45, 7) is 3.53. The van der Waals surface area contributed by atoms with Gasteiger partial charge in [-0.2, -0.15) is 0 Å². The highest BCUT2D eigenvalue weighted by atomic mass is 16.4. The molecule has 2 unspecified atom stereocenters. The van der Waals surface area contributed by atoms with Gasteiger partial charge in [-0.1, -0.05) is 12.5 Å². The summed E-state index contributed by atoms with van der Waals surface area (Å²) in [5.41, 5.74) is 0. The van der Waals surface area contributed by atoms with E-state index < -0.39 is 11.9 Å². The monoisotopic (exact) mass is 211 g/mol. The van der Waals surface area contributed by atoms with Crippen molar-refractivity contribution >= 4 is 11.9 Å². The highest BCUT2D eigenvalue weighted by Gasteiger charge is 2.33. The first-order chi connectivity index (χ1) is 7.15. The zero-order chi connectivity index (χ0) is 11.3. The van der Waals surface area contributed by atoms with Gasteiger partial charge in [-0.25, -0.2) is 0 Å². The SMILES string of the molecule is C=CCCC(=O)NC1CCCC1C(=O)O. The van der Waals surface area contributed by atoms with E-state index in [2.05, 4.69) is 11.9 Å². The summed E-state index contributed by atoms with van der Waals surface area (Å²) >= 11 is 0. The van der Waals surface area contributed by atoms with Gasteiger partial charge in [-0.15, -0.1) is 6.58 Å². The summed E-state index contributed by atoms with van der Waals surface area (Å²) in [6, 6.07) is -0.181. The van der Waals surface area contributed by atoms with Crippen LogP contribution in [0.25, 0.3) is 0 Å². The van der Waals surface area contributed by atoms with Crippen LogP contribution in [0.1, 0.15) is 32.1 Å². The molecule has 4 heteroatoms. The summed E-state index contributed by atoms with van der Waals surface area (Å²) in [5.74, 6) is -1.28. The Morgan fingerprint density at radius 1 is 1.47 bits per heavy atom. The average molecular weight is 211 g/mol. The Kier molecular flexibility index (Phi) is 4.34. The molecule has 1 aliphatic rings. The van der Waals surface area contributed by atoms with E-state index in [0.29, 0.717) is 19.3 Å². The molecule has 0 saturated heterocycles. The van der Waals surface area contributed by atoms with Crippen LogP contribution in [0.5, 0.6) is 0 Å². The molecular weight excluding hydrogens is 194 g/mol. The highest BCUT2D eigenvalue weighted by Crippen LogP contribution is 2.25. The van der Waals surface area contributed by atoms with Crippen LogP contribution in [0.2, 0.25) is 0 Å². The van der Waals surface area contributed by atoms with E-state index in [-0.39, 0.29) is 11.9 Å². The van der Waals surface area contributed by atoms with Gasteiger partial charge in [0.25, 0.3) is 0 Å². The molecule has 2 N–H and O–H groups in total. The van der Waals surface area contributed by atoms with Gasteiger partial charge >= 0.3 is 5.97 Å². The molecular formula is C11H17NO3. The van der Waals surface area contributed by atoms with Crippen LogP contribution in [0, 0.1) is 5.92 Å². The fourth-order valence-corrected chi connectivity index (χ4v) is 1.94. The normalized spacial score (nSPS) is 24.8. The number of carboxylic acid groups (broad SMARTS) is 1. The first-order valence-electron chi connectivity index (χ1n) is 5.28. The van der Waals surface area contributed by atoms with Crippen molar-refractivity contribution in [3.05, 3.63) is 12.7 Å². The van der Waals surface area contributed by atoms with Crippen LogP contribution in [0.3, 0.4) is 0 Å². The predicted molar refractivity (Wildman–Crippen MR) is 56.3 cm³/mol. The minimum absolute atomic E-state index is 0.0759. The minimum Gasteiger partial charge on any atom is -0.481 e. The van der Waals surface area contributed by atoms with E-state index in [1.807, 2.05) is 0 Å². The molecule has 0 spiro atoms. The molecule has 15 heavy (non-hydrogen) atoms. The molecule has 0 heterocycles. The van der Waals surface area contributed by atoms with E-state index in [1.165, 1.54) is 0 Å². The van der Waals surface area contributed by atoms with Crippen molar-refractivity contribution in [2.75, 3.05) is 0 Å². The maximum absolute atomic E-state index is 11.4. The zero-order valence-corrected chi connectivity index (χ0v) is 8.74. The Labute approximate surface area is 89.4 Å². The lowest BCUT2D eigenvalue weighted by atomic mass is 10.0. The molecule has 1 amide bonds. The summed E-state index contributed by atoms with van der Waals surface area (Å²) in [5, 5.41) is 11.7. The third-order valence-corrected chi connectivity index (χ3v) is 2.76. The number of carbonyl (C=O) groups excluding carboxylic acids is 1. The van der Waals surface area contributed by atoms with Gasteiger partial charge in [-0.05, 0) is 19.3 Å². The Balaban J connectivity index is 2.39. The summed E-state index contributed by atoms with van der Waals surface area (Å²) in [7, 11) is 0. The van der Waals surface area contributed by atoms with Crippen molar-refractivity contribution in [2.24, 2.45) is 5.92 Å². The number of hydrogen-bond donors (Lipinski definition) is 2. The number of nitrogens with one attached hydrogen (secondary N) is 1. The van der Waals surface area contributed by atoms with Crippen molar-refractivity contribution < 1.29 is 14.7 Å². The molecule has 0 aromatic rings. The van der Waals surface area contributed by atoms with E-state index in [0.717, 1.165) is 12.8 Å². The molecule has 0 aromatic heterocycles. The summed E-state index contributed by atoms with van der Waals surface area (Å²) in [4.78, 5) is 22.2. The maximum Gasteiger partial charge on any atom is 0.308 e. The molecule has 0 aromatic carbocycles. The molecule has 84 valence electrons. The van der Waals surface area contributed by atoms with Gasteiger partial charge < -0.3 is 10.4 Å². The topological polar surface area (TPSA) is 66.4 Å². The molecule has 1 rings (SSSR count). The van der Waals surface area contributed by atoms with Gasteiger partial charge in [0.2, 0.25) is 5.91 Å². The fraction of sp³-hybridized carbons (Fsp3) is 0.636. The lowest BCUT2D eigenvalue weighted by Crippen LogP contribution is -2.40. The number of allylic oxidation sites excluding steroid dienone is 1. The van der Waals surface area contributed by atoms with Gasteiger partial charge in [0, 0.05) is 12.5 Å². The first-order valence-corrected chi connectivity index (χ1v) is 5.28. The number of hydrogen-bond acceptors (Lipinski definition) is 2. The molecule has 4 nitrogen and oxygen atoms in total. The number of aliphatic carboxylic acids is 1. The average Bonchev–Trinajstić information content (AvgIpc) is 2.62. The lowest BCUT2D eigenvalue weighted by molar-refractivity contribution is -0.142. The van der Waals surface area contributed by atoms with Crippen LogP contribution >= 0.6 is 0 Å². The first kappa shape index (κ1) is 11.8. The van der Waals surface area contributed by atoms with Crippen molar-refractivity contribution in [3.8, 4) is 0 Å². The van der Waals surface area contributed by atoms with Crippen molar-refractivity contribution in [2.45, 2.75) is 38.1 Å². The maximum atomic E-state index is 11.4. The minimum atomic E-state index is -0.804. The van der Waals surface area contributed by atoms with Crippen LogP contribution < -0.4 is 5.32 Å². The molecule has 1 aliphatic carbocycles. The predicted octanol–water partition coefficient (Wildman–Crippen LogP) is 1.32. The number of rotatable bonds is 5. The summed E-state index contributed by atoms with van der Waals surface area (Å²) < 4.78 is 0. The smallest absolute Gasteiger partial charge is 0.308 e. The Morgan fingerprint density at radius 2 is 2.20 bits per heavy atom. The van der Waals surface area contributed by atoms with Gasteiger partial charge in [0.15, 0.2) is 0 Å². The Morgan fingerprint density at radius 3 is 2.80 bits per heavy atom.